The van der Waals surface area contributed by atoms with E-state index in [-0.39, 0.29) is 18.3 Å². The van der Waals surface area contributed by atoms with E-state index in [1.807, 2.05) is 6.92 Å². The molecule has 0 heterocycles. The van der Waals surface area contributed by atoms with Crippen LogP contribution in [0, 0.1) is 10.8 Å². The molecule has 0 aromatic rings. The first kappa shape index (κ1) is 12.8. The van der Waals surface area contributed by atoms with Gasteiger partial charge in [0.05, 0.1) is 12.0 Å². The Balaban J connectivity index is 2.62. The largest absolute Gasteiger partial charge is 0.394 e. The molecule has 1 saturated carbocycles. The Morgan fingerprint density at radius 3 is 1.87 bits per heavy atom. The fourth-order valence-corrected chi connectivity index (χ4v) is 2.18. The van der Waals surface area contributed by atoms with Crippen molar-refractivity contribution in [3.63, 3.8) is 0 Å². The molecule has 90 valence electrons. The summed E-state index contributed by atoms with van der Waals surface area (Å²) in [6.07, 6.45) is -2.44. The monoisotopic (exact) mass is 224 g/mol. The minimum Gasteiger partial charge on any atom is -0.384 e. The van der Waals surface area contributed by atoms with Gasteiger partial charge in [0.1, 0.15) is 0 Å². The van der Waals surface area contributed by atoms with E-state index in [4.69, 9.17) is 4.74 Å². The summed E-state index contributed by atoms with van der Waals surface area (Å²) in [4.78, 5) is 0. The zero-order valence-corrected chi connectivity index (χ0v) is 9.58. The molecule has 0 saturated heterocycles. The zero-order valence-electron chi connectivity index (χ0n) is 9.58. The van der Waals surface area contributed by atoms with Gasteiger partial charge >= 0.3 is 6.18 Å². The molecule has 0 N–H and O–H groups in total. The molecule has 15 heavy (non-hydrogen) atoms. The molecule has 0 amide bonds. The second-order valence-electron chi connectivity index (χ2n) is 5.30. The lowest BCUT2D eigenvalue weighted by Gasteiger charge is -2.43. The van der Waals surface area contributed by atoms with Crippen molar-refractivity contribution in [2.24, 2.45) is 10.8 Å². The predicted molar refractivity (Wildman–Crippen MR) is 52.6 cm³/mol. The number of ether oxygens (including phenoxy) is 1. The molecular weight excluding hydrogens is 205 g/mol. The maximum atomic E-state index is 12.7. The van der Waals surface area contributed by atoms with Gasteiger partial charge in [-0.2, -0.15) is 13.2 Å². The SMILES string of the molecule is COCC1(C)CCC(C)(C(F)(F)F)CC1. The van der Waals surface area contributed by atoms with E-state index in [9.17, 15) is 13.2 Å². The van der Waals surface area contributed by atoms with Gasteiger partial charge in [-0.1, -0.05) is 13.8 Å². The Hall–Kier alpha value is -0.250. The van der Waals surface area contributed by atoms with Gasteiger partial charge in [0.2, 0.25) is 0 Å². The summed E-state index contributed by atoms with van der Waals surface area (Å²) in [6.45, 7) is 3.90. The quantitative estimate of drug-likeness (QED) is 0.693. The van der Waals surface area contributed by atoms with Gasteiger partial charge < -0.3 is 4.74 Å². The van der Waals surface area contributed by atoms with Crippen molar-refractivity contribution in [2.45, 2.75) is 45.7 Å². The molecule has 0 spiro atoms. The fraction of sp³-hybridized carbons (Fsp3) is 1.00. The summed E-state index contributed by atoms with van der Waals surface area (Å²) in [5.74, 6) is 0. The molecule has 1 fully saturated rings. The van der Waals surface area contributed by atoms with E-state index in [0.29, 0.717) is 19.4 Å². The molecular formula is C11H19F3O. The molecule has 0 aliphatic heterocycles. The molecule has 1 aliphatic rings. The smallest absolute Gasteiger partial charge is 0.384 e. The lowest BCUT2D eigenvalue weighted by molar-refractivity contribution is -0.234. The lowest BCUT2D eigenvalue weighted by atomic mass is 9.65. The number of rotatable bonds is 2. The van der Waals surface area contributed by atoms with E-state index >= 15 is 0 Å². The van der Waals surface area contributed by atoms with Crippen LogP contribution in [0.25, 0.3) is 0 Å². The number of halogens is 3. The average Bonchev–Trinajstić information content (AvgIpc) is 2.10. The Kier molecular flexibility index (Phi) is 3.39. The van der Waals surface area contributed by atoms with Crippen LogP contribution >= 0.6 is 0 Å². The van der Waals surface area contributed by atoms with Crippen LogP contribution in [0.5, 0.6) is 0 Å². The van der Waals surface area contributed by atoms with Gasteiger partial charge in [-0.25, -0.2) is 0 Å². The van der Waals surface area contributed by atoms with Crippen LogP contribution in [0.15, 0.2) is 0 Å². The van der Waals surface area contributed by atoms with Gasteiger partial charge in [0, 0.05) is 7.11 Å². The van der Waals surface area contributed by atoms with Crippen molar-refractivity contribution in [1.82, 2.24) is 0 Å². The van der Waals surface area contributed by atoms with Crippen molar-refractivity contribution in [3.8, 4) is 0 Å². The molecule has 0 atom stereocenters. The third-order valence-corrected chi connectivity index (χ3v) is 3.74. The lowest BCUT2D eigenvalue weighted by Crippen LogP contribution is -2.42. The third-order valence-electron chi connectivity index (χ3n) is 3.74. The summed E-state index contributed by atoms with van der Waals surface area (Å²) in [7, 11) is 1.60. The van der Waals surface area contributed by atoms with Crippen LogP contribution in [0.3, 0.4) is 0 Å². The standard InChI is InChI=1S/C11H19F3O/c1-9(8-15-3)4-6-10(2,7-5-9)11(12,13)14/h4-8H2,1-3H3. The van der Waals surface area contributed by atoms with Gasteiger partial charge in [0.15, 0.2) is 0 Å². The summed E-state index contributed by atoms with van der Waals surface area (Å²) < 4.78 is 43.3. The van der Waals surface area contributed by atoms with E-state index in [1.54, 1.807) is 7.11 Å². The van der Waals surface area contributed by atoms with E-state index in [0.717, 1.165) is 0 Å². The first-order valence-electron chi connectivity index (χ1n) is 5.28. The molecule has 0 bridgehead atoms. The highest BCUT2D eigenvalue weighted by atomic mass is 19.4. The van der Waals surface area contributed by atoms with E-state index in [1.165, 1.54) is 6.92 Å². The first-order chi connectivity index (χ1) is 6.72. The highest BCUT2D eigenvalue weighted by Gasteiger charge is 2.53. The molecule has 1 nitrogen and oxygen atoms in total. The zero-order chi connectivity index (χ0) is 11.7. The van der Waals surface area contributed by atoms with Crippen molar-refractivity contribution in [1.29, 1.82) is 0 Å². The summed E-state index contributed by atoms with van der Waals surface area (Å²) in [5, 5.41) is 0. The van der Waals surface area contributed by atoms with E-state index < -0.39 is 11.6 Å². The molecule has 1 rings (SSSR count). The van der Waals surface area contributed by atoms with E-state index in [2.05, 4.69) is 0 Å². The maximum absolute atomic E-state index is 12.7. The van der Waals surface area contributed by atoms with Crippen LogP contribution in [0.1, 0.15) is 39.5 Å². The summed E-state index contributed by atoms with van der Waals surface area (Å²) in [6, 6.07) is 0. The van der Waals surface area contributed by atoms with Crippen molar-refractivity contribution < 1.29 is 17.9 Å². The molecule has 1 aliphatic carbocycles. The summed E-state index contributed by atoms with van der Waals surface area (Å²) in [5.41, 5.74) is -1.56. The molecule has 0 aromatic heterocycles. The first-order valence-corrected chi connectivity index (χ1v) is 5.28. The average molecular weight is 224 g/mol. The maximum Gasteiger partial charge on any atom is 0.394 e. The normalized spacial score (nSPS) is 38.0. The van der Waals surface area contributed by atoms with Crippen LogP contribution in [0.2, 0.25) is 0 Å². The van der Waals surface area contributed by atoms with Crippen LogP contribution in [-0.2, 0) is 4.74 Å². The second kappa shape index (κ2) is 3.96. The van der Waals surface area contributed by atoms with Gasteiger partial charge in [-0.3, -0.25) is 0 Å². The molecule has 0 radical (unpaired) electrons. The number of alkyl halides is 3. The van der Waals surface area contributed by atoms with Crippen molar-refractivity contribution in [3.05, 3.63) is 0 Å². The second-order valence-corrected chi connectivity index (χ2v) is 5.30. The Morgan fingerprint density at radius 1 is 1.07 bits per heavy atom. The van der Waals surface area contributed by atoms with Crippen molar-refractivity contribution in [2.75, 3.05) is 13.7 Å². The Bertz CT molecular complexity index is 214. The molecule has 0 unspecified atom stereocenters. The van der Waals surface area contributed by atoms with Crippen LogP contribution < -0.4 is 0 Å². The van der Waals surface area contributed by atoms with Gasteiger partial charge in [0.25, 0.3) is 0 Å². The fourth-order valence-electron chi connectivity index (χ4n) is 2.18. The highest BCUT2D eigenvalue weighted by molar-refractivity contribution is 4.92. The molecule has 4 heteroatoms. The minimum absolute atomic E-state index is 0.0699. The van der Waals surface area contributed by atoms with Crippen LogP contribution in [-0.4, -0.2) is 19.9 Å². The van der Waals surface area contributed by atoms with Gasteiger partial charge in [-0.15, -0.1) is 0 Å². The Labute approximate surface area is 89.0 Å². The molecule has 0 aromatic carbocycles. The Morgan fingerprint density at radius 2 is 1.53 bits per heavy atom. The number of hydrogen-bond donors (Lipinski definition) is 0. The van der Waals surface area contributed by atoms with Crippen LogP contribution in [0.4, 0.5) is 13.2 Å². The number of methoxy groups -OCH3 is 1. The van der Waals surface area contributed by atoms with Crippen molar-refractivity contribution >= 4 is 0 Å². The summed E-state index contributed by atoms with van der Waals surface area (Å²) >= 11 is 0. The number of hydrogen-bond acceptors (Lipinski definition) is 1. The predicted octanol–water partition coefficient (Wildman–Crippen LogP) is 3.78. The topological polar surface area (TPSA) is 9.23 Å². The highest BCUT2D eigenvalue weighted by Crippen LogP contribution is 2.53. The van der Waals surface area contributed by atoms with Gasteiger partial charge in [-0.05, 0) is 31.1 Å². The third kappa shape index (κ3) is 2.65. The minimum atomic E-state index is -4.07.